The zero-order chi connectivity index (χ0) is 11.7. The Morgan fingerprint density at radius 1 is 1.33 bits per heavy atom. The lowest BCUT2D eigenvalue weighted by Crippen LogP contribution is -2.50. The number of rotatable bonds is 8. The molecule has 1 unspecified atom stereocenters. The first-order valence-electron chi connectivity index (χ1n) is 5.95. The average molecular weight is 211 g/mol. The van der Waals surface area contributed by atoms with Gasteiger partial charge in [-0.15, -0.1) is 12.3 Å². The van der Waals surface area contributed by atoms with Gasteiger partial charge in [-0.25, -0.2) is 0 Å². The van der Waals surface area contributed by atoms with E-state index < -0.39 is 0 Å². The summed E-state index contributed by atoms with van der Waals surface area (Å²) >= 11 is 0. The lowest BCUT2D eigenvalue weighted by atomic mass is 9.85. The molecule has 0 saturated heterocycles. The summed E-state index contributed by atoms with van der Waals surface area (Å²) in [5.74, 6) is 2.70. The zero-order valence-electron chi connectivity index (χ0n) is 10.6. The number of ether oxygens (including phenoxy) is 1. The molecule has 0 saturated carbocycles. The largest absolute Gasteiger partial charge is 0.374 e. The molecule has 0 fully saturated rings. The molecule has 0 aromatic rings. The Morgan fingerprint density at radius 3 is 2.27 bits per heavy atom. The fourth-order valence-electron chi connectivity index (χ4n) is 2.23. The van der Waals surface area contributed by atoms with E-state index in [1.807, 2.05) is 14.0 Å². The fourth-order valence-corrected chi connectivity index (χ4v) is 2.23. The van der Waals surface area contributed by atoms with Gasteiger partial charge in [-0.3, -0.25) is 0 Å². The second kappa shape index (κ2) is 7.73. The molecule has 0 amide bonds. The van der Waals surface area contributed by atoms with Crippen LogP contribution >= 0.6 is 0 Å². The maximum Gasteiger partial charge on any atom is 0.0829 e. The number of likely N-dealkylation sites (N-methyl/N-ethyl adjacent to an activating group) is 1. The van der Waals surface area contributed by atoms with Crippen LogP contribution in [0.25, 0.3) is 0 Å². The summed E-state index contributed by atoms with van der Waals surface area (Å²) in [6.45, 7) is 7.17. The van der Waals surface area contributed by atoms with E-state index >= 15 is 0 Å². The van der Waals surface area contributed by atoms with Crippen LogP contribution in [0.1, 0.15) is 46.5 Å². The van der Waals surface area contributed by atoms with Gasteiger partial charge in [-0.05, 0) is 33.2 Å². The smallest absolute Gasteiger partial charge is 0.0829 e. The summed E-state index contributed by atoms with van der Waals surface area (Å²) in [4.78, 5) is 0. The third-order valence-electron chi connectivity index (χ3n) is 3.19. The van der Waals surface area contributed by atoms with Crippen molar-refractivity contribution >= 4 is 0 Å². The zero-order valence-corrected chi connectivity index (χ0v) is 10.6. The van der Waals surface area contributed by atoms with Crippen molar-refractivity contribution in [2.45, 2.75) is 58.1 Å². The average Bonchev–Trinajstić information content (AvgIpc) is 2.28. The van der Waals surface area contributed by atoms with Crippen molar-refractivity contribution in [3.05, 3.63) is 0 Å². The molecule has 0 heterocycles. The molecule has 1 N–H and O–H groups in total. The molecule has 0 aliphatic heterocycles. The summed E-state index contributed by atoms with van der Waals surface area (Å²) in [5.41, 5.74) is -0.0552. The van der Waals surface area contributed by atoms with E-state index in [4.69, 9.17) is 11.2 Å². The molecule has 0 aliphatic rings. The monoisotopic (exact) mass is 211 g/mol. The Labute approximate surface area is 94.8 Å². The Bertz CT molecular complexity index is 191. The van der Waals surface area contributed by atoms with E-state index in [1.165, 1.54) is 0 Å². The van der Waals surface area contributed by atoms with Crippen molar-refractivity contribution in [2.75, 3.05) is 13.7 Å². The van der Waals surface area contributed by atoms with E-state index in [9.17, 15) is 0 Å². The number of hydrogen-bond acceptors (Lipinski definition) is 2. The molecule has 0 spiro atoms. The van der Waals surface area contributed by atoms with Crippen LogP contribution in [0.15, 0.2) is 0 Å². The highest BCUT2D eigenvalue weighted by Crippen LogP contribution is 2.27. The topological polar surface area (TPSA) is 21.3 Å². The lowest BCUT2D eigenvalue weighted by molar-refractivity contribution is -0.0719. The van der Waals surface area contributed by atoms with Gasteiger partial charge in [0.1, 0.15) is 0 Å². The summed E-state index contributed by atoms with van der Waals surface area (Å²) < 4.78 is 5.95. The van der Waals surface area contributed by atoms with Gasteiger partial charge in [0.25, 0.3) is 0 Å². The normalized spacial score (nSPS) is 13.5. The second-order valence-electron chi connectivity index (χ2n) is 3.79. The number of nitrogens with one attached hydrogen (secondary N) is 1. The van der Waals surface area contributed by atoms with Crippen LogP contribution in [0.4, 0.5) is 0 Å². The first kappa shape index (κ1) is 14.5. The molecular formula is C13H25NO. The Morgan fingerprint density at radius 2 is 1.93 bits per heavy atom. The van der Waals surface area contributed by atoms with Crippen LogP contribution in [0.2, 0.25) is 0 Å². The van der Waals surface area contributed by atoms with Gasteiger partial charge in [0.2, 0.25) is 0 Å². The molecule has 0 aromatic heterocycles. The van der Waals surface area contributed by atoms with Crippen molar-refractivity contribution in [1.29, 1.82) is 0 Å². The molecule has 0 aromatic carbocycles. The lowest BCUT2D eigenvalue weighted by Gasteiger charge is -2.39. The second-order valence-corrected chi connectivity index (χ2v) is 3.79. The molecule has 0 radical (unpaired) electrons. The van der Waals surface area contributed by atoms with Crippen LogP contribution in [0.3, 0.4) is 0 Å². The predicted molar refractivity (Wildman–Crippen MR) is 65.9 cm³/mol. The van der Waals surface area contributed by atoms with Gasteiger partial charge < -0.3 is 10.1 Å². The van der Waals surface area contributed by atoms with E-state index in [0.29, 0.717) is 6.04 Å². The van der Waals surface area contributed by atoms with E-state index in [-0.39, 0.29) is 5.60 Å². The highest BCUT2D eigenvalue weighted by atomic mass is 16.5. The molecule has 1 atom stereocenters. The third kappa shape index (κ3) is 3.85. The van der Waals surface area contributed by atoms with Crippen molar-refractivity contribution in [3.8, 4) is 12.3 Å². The van der Waals surface area contributed by atoms with Crippen molar-refractivity contribution in [1.82, 2.24) is 5.32 Å². The molecule has 2 heteroatoms. The van der Waals surface area contributed by atoms with Crippen LogP contribution in [0, 0.1) is 12.3 Å². The Hall–Kier alpha value is -0.520. The third-order valence-corrected chi connectivity index (χ3v) is 3.19. The molecule has 0 aliphatic carbocycles. The van der Waals surface area contributed by atoms with Crippen molar-refractivity contribution < 1.29 is 4.74 Å². The molecule has 0 bridgehead atoms. The quantitative estimate of drug-likeness (QED) is 0.623. The van der Waals surface area contributed by atoms with E-state index in [0.717, 1.165) is 32.3 Å². The minimum Gasteiger partial charge on any atom is -0.374 e. The van der Waals surface area contributed by atoms with E-state index in [1.54, 1.807) is 0 Å². The number of hydrogen-bond donors (Lipinski definition) is 1. The maximum atomic E-state index is 5.95. The summed E-state index contributed by atoms with van der Waals surface area (Å²) in [7, 11) is 1.99. The van der Waals surface area contributed by atoms with Gasteiger partial charge in [-0.2, -0.15) is 0 Å². The summed E-state index contributed by atoms with van der Waals surface area (Å²) in [5, 5.41) is 3.34. The van der Waals surface area contributed by atoms with Gasteiger partial charge in [0.15, 0.2) is 0 Å². The van der Waals surface area contributed by atoms with Crippen molar-refractivity contribution in [3.63, 3.8) is 0 Å². The van der Waals surface area contributed by atoms with Gasteiger partial charge >= 0.3 is 0 Å². The Balaban J connectivity index is 4.59. The predicted octanol–water partition coefficient (Wildman–Crippen LogP) is 2.58. The molecule has 88 valence electrons. The standard InChI is InChI=1S/C13H25NO/c1-6-10-11-12(14-5)13(7-2,8-3)15-9-4/h1,12,14H,7-11H2,2-5H3. The van der Waals surface area contributed by atoms with Crippen molar-refractivity contribution in [2.24, 2.45) is 0 Å². The summed E-state index contributed by atoms with van der Waals surface area (Å²) in [6.07, 6.45) is 9.14. The van der Waals surface area contributed by atoms with Gasteiger partial charge in [0.05, 0.1) is 5.60 Å². The highest BCUT2D eigenvalue weighted by molar-refractivity contribution is 4.94. The maximum absolute atomic E-state index is 5.95. The Kier molecular flexibility index (Phi) is 7.46. The van der Waals surface area contributed by atoms with Crippen LogP contribution in [-0.2, 0) is 4.74 Å². The van der Waals surface area contributed by atoms with Crippen LogP contribution < -0.4 is 5.32 Å². The fraction of sp³-hybridized carbons (Fsp3) is 0.846. The first-order valence-corrected chi connectivity index (χ1v) is 5.95. The molecular weight excluding hydrogens is 186 g/mol. The molecule has 2 nitrogen and oxygen atoms in total. The minimum absolute atomic E-state index is 0.0552. The molecule has 0 rings (SSSR count). The first-order chi connectivity index (χ1) is 7.20. The SMILES string of the molecule is C#CCCC(NC)C(CC)(CC)OCC. The van der Waals surface area contributed by atoms with Gasteiger partial charge in [-0.1, -0.05) is 13.8 Å². The summed E-state index contributed by atoms with van der Waals surface area (Å²) in [6, 6.07) is 0.350. The van der Waals surface area contributed by atoms with E-state index in [2.05, 4.69) is 25.1 Å². The van der Waals surface area contributed by atoms with Crippen LogP contribution in [0.5, 0.6) is 0 Å². The minimum atomic E-state index is -0.0552. The van der Waals surface area contributed by atoms with Crippen LogP contribution in [-0.4, -0.2) is 25.3 Å². The highest BCUT2D eigenvalue weighted by Gasteiger charge is 2.34. The molecule has 15 heavy (non-hydrogen) atoms. The van der Waals surface area contributed by atoms with Gasteiger partial charge in [0, 0.05) is 19.1 Å². The number of terminal acetylenes is 1.